The molecule has 21 N–H and O–H groups in total. The number of ether oxygens (including phenoxy) is 13. The van der Waals surface area contributed by atoms with E-state index >= 15 is 0 Å². The number of phosphoric acid groups is 1. The molecule has 46 nitrogen and oxygen atoms in total. The highest BCUT2D eigenvalue weighted by Gasteiger charge is 2.61. The maximum Gasteiger partial charge on any atom is 0.475 e. The number of ketones is 1. The molecule has 7 heterocycles. The minimum absolute atomic E-state index is 0.116. The van der Waals surface area contributed by atoms with Crippen LogP contribution in [0.2, 0.25) is 0 Å². The van der Waals surface area contributed by atoms with E-state index in [2.05, 4.69) is 20.9 Å². The molecule has 0 aliphatic carbocycles. The van der Waals surface area contributed by atoms with Crippen LogP contribution in [0.3, 0.4) is 0 Å². The number of carbonyl (C=O) groups excluding carboxylic acids is 6. The Morgan fingerprint density at radius 3 is 1.81 bits per heavy atom. The van der Waals surface area contributed by atoms with Gasteiger partial charge in [-0.15, -0.1) is 0 Å². The number of benzene rings is 1. The molecule has 2 aromatic rings. The molecule has 3 amide bonds. The van der Waals surface area contributed by atoms with Gasteiger partial charge in [0.2, 0.25) is 24.4 Å². The summed E-state index contributed by atoms with van der Waals surface area (Å²) in [5.41, 5.74) is 5.21. The van der Waals surface area contributed by atoms with Gasteiger partial charge in [-0.2, -0.15) is 4.98 Å². The molecular formula is C61H89N6O40P. The number of nitrogens with zero attached hydrogens (tertiary/aromatic N) is 2. The van der Waals surface area contributed by atoms with Gasteiger partial charge in [0.05, 0.1) is 45.2 Å². The minimum Gasteiger partial charge on any atom is -0.477 e. The number of nitrogens with one attached hydrogen (secondary N) is 3. The zero-order valence-corrected chi connectivity index (χ0v) is 58.4. The van der Waals surface area contributed by atoms with Gasteiger partial charge in [-0.3, -0.25) is 37.9 Å². The fourth-order valence-corrected chi connectivity index (χ4v) is 13.9. The fourth-order valence-electron chi connectivity index (χ4n) is 12.9. The van der Waals surface area contributed by atoms with Crippen molar-refractivity contribution in [2.45, 2.75) is 224 Å². The molecule has 6 aliphatic heterocycles. The van der Waals surface area contributed by atoms with E-state index in [0.717, 1.165) is 24.6 Å². The van der Waals surface area contributed by atoms with E-state index < -0.39 is 273 Å². The van der Waals surface area contributed by atoms with E-state index in [1.54, 1.807) is 12.1 Å². The van der Waals surface area contributed by atoms with Gasteiger partial charge in [-0.25, -0.2) is 18.7 Å². The summed E-state index contributed by atoms with van der Waals surface area (Å²) in [5.74, 6) is -10.1. The number of hydrogen-bond acceptors (Lipinski definition) is 40. The molecule has 6 aliphatic rings. The Morgan fingerprint density at radius 1 is 0.713 bits per heavy atom. The monoisotopic (exact) mass is 1580 g/mol. The molecule has 0 radical (unpaired) electrons. The van der Waals surface area contributed by atoms with E-state index in [0.29, 0.717) is 5.56 Å². The smallest absolute Gasteiger partial charge is 0.475 e. The number of rotatable bonds is 36. The number of aliphatic hydroxyl groups is 14. The Kier molecular flexibility index (Phi) is 31.1. The number of amides is 3. The van der Waals surface area contributed by atoms with Crippen LogP contribution in [-0.2, 0) is 110 Å². The number of aryl methyl sites for hydroxylation is 1. The molecule has 8 rings (SSSR count). The average Bonchev–Trinajstić information content (AvgIpc) is 1.17. The van der Waals surface area contributed by atoms with Gasteiger partial charge in [0.1, 0.15) is 115 Å². The summed E-state index contributed by atoms with van der Waals surface area (Å²) < 4.78 is 96.3. The topological polar surface area (TPSA) is 696 Å². The SMILES string of the molecule is CO[C@@H]1C(CO)O[C@H](O[C@@H]2C(OC=O)O[C@@H](O[C@@H]3C(CO)O[C@H](O[C@@H]4C(OC=O)O[C@@H](OCCNC(=O)c5ccc(CCCC(=O)C[C@H]6C([C@H](O)[C@H](O)CO)O[C@](OP(=O)(O)OC[C@H]7O[C@@H](n8ccc(N)nc8=O)C(O)[C@H]7O)(C(=O)O)C[C@H]6O)cc5)[C@@H](O)C4O)[C@@H](NC(C)=O)C3O)[C@@H](O)C2O)[C@@H](NC(C)=O)C1O. The number of carboxylic acid groups (broad SMARTS) is 1. The number of aliphatic hydroxyl groups excluding tert-OH is 14. The molecule has 31 atom stereocenters. The Bertz CT molecular complexity index is 3450. The Labute approximate surface area is 610 Å². The van der Waals surface area contributed by atoms with Crippen LogP contribution in [0.5, 0.6) is 0 Å². The van der Waals surface area contributed by atoms with Crippen LogP contribution in [0.1, 0.15) is 61.7 Å². The Balaban J connectivity index is 0.807. The number of Topliss-reactive ketones (excluding diaryl/α,β-unsaturated/α-hetero) is 1. The molecule has 608 valence electrons. The van der Waals surface area contributed by atoms with Gasteiger partial charge in [0, 0.05) is 64.4 Å². The summed E-state index contributed by atoms with van der Waals surface area (Å²) in [7, 11) is -4.52. The Morgan fingerprint density at radius 2 is 1.27 bits per heavy atom. The highest BCUT2D eigenvalue weighted by molar-refractivity contribution is 7.47. The lowest BCUT2D eigenvalue weighted by Crippen LogP contribution is -2.70. The van der Waals surface area contributed by atoms with Crippen molar-refractivity contribution in [2.75, 3.05) is 52.4 Å². The van der Waals surface area contributed by atoms with Crippen molar-refractivity contribution in [1.29, 1.82) is 0 Å². The predicted octanol–water partition coefficient (Wildman–Crippen LogP) is -10.9. The number of phosphoric ester groups is 1. The number of carboxylic acids is 1. The van der Waals surface area contributed by atoms with Crippen LogP contribution < -0.4 is 27.4 Å². The van der Waals surface area contributed by atoms with E-state index in [1.165, 1.54) is 25.3 Å². The predicted molar refractivity (Wildman–Crippen MR) is 341 cm³/mol. The van der Waals surface area contributed by atoms with Crippen molar-refractivity contribution in [3.05, 3.63) is 58.1 Å². The van der Waals surface area contributed by atoms with Gasteiger partial charge in [-0.05, 0) is 36.6 Å². The largest absolute Gasteiger partial charge is 0.477 e. The second-order valence-corrected chi connectivity index (χ2v) is 27.1. The third kappa shape index (κ3) is 20.8. The van der Waals surface area contributed by atoms with Crippen molar-refractivity contribution in [1.82, 2.24) is 25.5 Å². The van der Waals surface area contributed by atoms with Crippen molar-refractivity contribution < 1.29 is 190 Å². The van der Waals surface area contributed by atoms with Crippen LogP contribution in [-0.4, -0.2) is 352 Å². The number of aromatic nitrogens is 2. The summed E-state index contributed by atoms with van der Waals surface area (Å²) in [5, 5.41) is 170. The minimum atomic E-state index is -5.71. The lowest BCUT2D eigenvalue weighted by atomic mass is 9.80. The van der Waals surface area contributed by atoms with Crippen molar-refractivity contribution in [3.63, 3.8) is 0 Å². The number of aliphatic carboxylic acids is 1. The zero-order chi connectivity index (χ0) is 79.4. The van der Waals surface area contributed by atoms with Crippen molar-refractivity contribution in [3.8, 4) is 0 Å². The first kappa shape index (κ1) is 87.1. The number of hydrogen-bond donors (Lipinski definition) is 20. The summed E-state index contributed by atoms with van der Waals surface area (Å²) in [6.07, 6.45) is -50.1. The van der Waals surface area contributed by atoms with E-state index in [4.69, 9.17) is 76.4 Å². The number of carbonyl (C=O) groups is 7. The molecule has 6 saturated heterocycles. The van der Waals surface area contributed by atoms with Gasteiger partial charge < -0.3 is 165 Å². The Hall–Kier alpha value is -6.50. The summed E-state index contributed by atoms with van der Waals surface area (Å²) >= 11 is 0. The molecule has 0 spiro atoms. The van der Waals surface area contributed by atoms with Gasteiger partial charge in [0.25, 0.3) is 24.6 Å². The second kappa shape index (κ2) is 38.6. The number of anilines is 1. The number of nitrogen functional groups attached to an aromatic ring is 1. The van der Waals surface area contributed by atoms with E-state index in [9.17, 15) is 124 Å². The second-order valence-electron chi connectivity index (χ2n) is 25.7. The quantitative estimate of drug-likeness (QED) is 0.0171. The van der Waals surface area contributed by atoms with E-state index in [1.807, 2.05) is 0 Å². The van der Waals surface area contributed by atoms with Crippen LogP contribution in [0, 0.1) is 5.92 Å². The first-order valence-corrected chi connectivity index (χ1v) is 34.9. The first-order chi connectivity index (χ1) is 51.1. The maximum absolute atomic E-state index is 13.5. The van der Waals surface area contributed by atoms with Crippen LogP contribution >= 0.6 is 7.82 Å². The molecule has 1 aromatic heterocycles. The molecule has 0 saturated carbocycles. The summed E-state index contributed by atoms with van der Waals surface area (Å²) in [6, 6.07) is 3.85. The molecule has 1 aromatic carbocycles. The zero-order valence-electron chi connectivity index (χ0n) is 57.5. The molecule has 47 heteroatoms. The maximum atomic E-state index is 13.5. The third-order valence-corrected chi connectivity index (χ3v) is 19.3. The summed E-state index contributed by atoms with van der Waals surface area (Å²) in [4.78, 5) is 114. The van der Waals surface area contributed by atoms with Gasteiger partial charge in [-0.1, -0.05) is 12.1 Å². The standard InChI is InChI=1S/C61H89N6O40P/c1-23(73)64-35-39(80)47(93-3)31(18-69)99-53(35)103-50-42(83)45(86)56(105-58(50)96-22-72)101-48-32(19-70)100-54(36(40(48)81)65-24(2)74)102-49-41(82)44(85)55(104-57(49)95-21-71)94-14-12-63-51(87)26-9-7-25(8-10-26)5-4-6-27(75)15-28-29(76)16-61(59(88)89,106-46(28)37(78)30(77)17-68)107-108(91,92)97-20-33-38(79)43(84)52(98-33)67-13-11-34(62)66-60(67)90/h7-11,13,21-22,28-33,35-50,52-58,68-70,76-86H,4-6,12,14-20H2,1-3H3,(H,63,87)(H,64,73)(H,65,74)(H,88,89)(H,91,92)(H2,62,66,90)/t28-,29-,30-,31?,32?,33-,35+,36+,37-,38+,39?,40?,41?,42?,43?,44+,45+,46?,47-,48-,49+,50+,52-,53-,54-,55-,56-,57?,58?,61-/m1/s1. The molecular weight excluding hydrogens is 1490 g/mol. The van der Waals surface area contributed by atoms with Crippen molar-refractivity contribution >= 4 is 56.1 Å². The molecule has 108 heavy (non-hydrogen) atoms. The number of methoxy groups -OCH3 is 1. The van der Waals surface area contributed by atoms with Crippen LogP contribution in [0.15, 0.2) is 41.3 Å². The normalized spacial score (nSPS) is 37.5. The van der Waals surface area contributed by atoms with Crippen LogP contribution in [0.25, 0.3) is 0 Å². The van der Waals surface area contributed by atoms with E-state index in [-0.39, 0.29) is 50.1 Å². The average molecular weight is 1580 g/mol. The van der Waals surface area contributed by atoms with Gasteiger partial charge >= 0.3 is 19.5 Å². The third-order valence-electron chi connectivity index (χ3n) is 18.3. The van der Waals surface area contributed by atoms with Gasteiger partial charge in [0.15, 0.2) is 43.6 Å². The summed E-state index contributed by atoms with van der Waals surface area (Å²) in [6.45, 7) is -3.01. The lowest BCUT2D eigenvalue weighted by Gasteiger charge is -2.49. The van der Waals surface area contributed by atoms with Crippen LogP contribution in [0.4, 0.5) is 5.82 Å². The van der Waals surface area contributed by atoms with Crippen molar-refractivity contribution in [2.24, 2.45) is 5.92 Å². The highest BCUT2D eigenvalue weighted by Crippen LogP contribution is 2.53. The molecule has 11 unspecified atom stereocenters. The molecule has 6 fully saturated rings. The first-order valence-electron chi connectivity index (χ1n) is 33.4. The number of nitrogens with two attached hydrogens (primary N) is 1. The highest BCUT2D eigenvalue weighted by atomic mass is 31.2. The lowest BCUT2D eigenvalue weighted by molar-refractivity contribution is -0.398. The molecule has 0 bridgehead atoms. The fraction of sp³-hybridized carbons (Fsp3) is 0.721.